The molecule has 1 saturated heterocycles. The number of ether oxygens (including phenoxy) is 1. The zero-order valence-corrected chi connectivity index (χ0v) is 20.5. The third kappa shape index (κ3) is 5.62. The van der Waals surface area contributed by atoms with E-state index in [9.17, 15) is 0 Å². The summed E-state index contributed by atoms with van der Waals surface area (Å²) < 4.78 is 7.97. The Bertz CT molecular complexity index is 1000. The van der Waals surface area contributed by atoms with E-state index in [1.807, 2.05) is 30.1 Å². The van der Waals surface area contributed by atoms with E-state index in [-0.39, 0.29) is 30.1 Å². The molecule has 0 aliphatic carbocycles. The molecule has 8 heteroatoms. The van der Waals surface area contributed by atoms with Crippen molar-refractivity contribution in [2.24, 2.45) is 4.99 Å². The molecule has 7 nitrogen and oxygen atoms in total. The Morgan fingerprint density at radius 2 is 2.13 bits per heavy atom. The van der Waals surface area contributed by atoms with Crippen molar-refractivity contribution in [1.29, 1.82) is 0 Å². The maximum atomic E-state index is 6.08. The monoisotopic (exact) mass is 532 g/mol. The number of nitrogens with zero attached hydrogens (tertiary/aromatic N) is 5. The normalized spacial score (nSPS) is 16.7. The Morgan fingerprint density at radius 1 is 1.26 bits per heavy atom. The van der Waals surface area contributed by atoms with Crippen molar-refractivity contribution in [1.82, 2.24) is 24.8 Å². The average molecular weight is 532 g/mol. The van der Waals surface area contributed by atoms with Gasteiger partial charge >= 0.3 is 0 Å². The van der Waals surface area contributed by atoms with Crippen LogP contribution in [0, 0.1) is 13.8 Å². The Kier molecular flexibility index (Phi) is 8.03. The zero-order chi connectivity index (χ0) is 20.9. The van der Waals surface area contributed by atoms with Gasteiger partial charge < -0.3 is 15.0 Å². The number of nitrogens with one attached hydrogen (secondary N) is 1. The molecule has 3 aromatic rings. The van der Waals surface area contributed by atoms with Crippen molar-refractivity contribution >= 4 is 29.9 Å². The number of halogens is 1. The first-order chi connectivity index (χ1) is 14.6. The number of rotatable bonds is 4. The molecule has 1 aliphatic heterocycles. The Labute approximate surface area is 200 Å². The van der Waals surface area contributed by atoms with Gasteiger partial charge in [0.2, 0.25) is 0 Å². The van der Waals surface area contributed by atoms with Crippen LogP contribution in [0.25, 0.3) is 5.82 Å². The number of hydrogen-bond donors (Lipinski definition) is 1. The zero-order valence-electron chi connectivity index (χ0n) is 18.2. The average Bonchev–Trinajstić information content (AvgIpc) is 3.30. The summed E-state index contributed by atoms with van der Waals surface area (Å²) in [6, 6.07) is 10.6. The van der Waals surface area contributed by atoms with E-state index in [4.69, 9.17) is 4.74 Å². The SMILES string of the molecule is CN=C(NCc1ccc(-n2ccnc2)nc1)N1CCOC(c2ccc(C)cc2C)C1.I. The molecule has 1 atom stereocenters. The van der Waals surface area contributed by atoms with E-state index >= 15 is 0 Å². The predicted molar refractivity (Wildman–Crippen MR) is 133 cm³/mol. The molecule has 1 fully saturated rings. The second kappa shape index (κ2) is 10.7. The molecular weight excluding hydrogens is 503 g/mol. The fourth-order valence-electron chi connectivity index (χ4n) is 3.80. The minimum Gasteiger partial charge on any atom is -0.370 e. The van der Waals surface area contributed by atoms with Gasteiger partial charge in [-0.1, -0.05) is 29.8 Å². The highest BCUT2D eigenvalue weighted by molar-refractivity contribution is 14.0. The van der Waals surface area contributed by atoms with E-state index in [1.54, 1.807) is 12.5 Å². The van der Waals surface area contributed by atoms with Crippen LogP contribution >= 0.6 is 24.0 Å². The molecule has 0 spiro atoms. The van der Waals surface area contributed by atoms with Crippen LogP contribution in [0.1, 0.15) is 28.4 Å². The number of aliphatic imine (C=N–C) groups is 1. The molecule has 1 N–H and O–H groups in total. The van der Waals surface area contributed by atoms with E-state index in [0.717, 1.165) is 30.4 Å². The molecule has 1 aliphatic rings. The Hall–Kier alpha value is -2.46. The fraction of sp³-hybridized carbons (Fsp3) is 0.348. The van der Waals surface area contributed by atoms with Crippen LogP contribution in [-0.4, -0.2) is 52.1 Å². The molecule has 0 saturated carbocycles. The van der Waals surface area contributed by atoms with Crippen molar-refractivity contribution in [3.8, 4) is 5.82 Å². The smallest absolute Gasteiger partial charge is 0.194 e. The van der Waals surface area contributed by atoms with Gasteiger partial charge in [0.05, 0.1) is 13.2 Å². The van der Waals surface area contributed by atoms with Gasteiger partial charge in [-0.2, -0.15) is 0 Å². The van der Waals surface area contributed by atoms with Crippen molar-refractivity contribution in [2.75, 3.05) is 26.7 Å². The summed E-state index contributed by atoms with van der Waals surface area (Å²) in [7, 11) is 1.82. The molecule has 31 heavy (non-hydrogen) atoms. The highest BCUT2D eigenvalue weighted by Crippen LogP contribution is 2.26. The van der Waals surface area contributed by atoms with Crippen LogP contribution in [0.15, 0.2) is 60.2 Å². The number of aromatic nitrogens is 3. The third-order valence-corrected chi connectivity index (χ3v) is 5.38. The van der Waals surface area contributed by atoms with Gasteiger partial charge in [0.15, 0.2) is 5.96 Å². The second-order valence-corrected chi connectivity index (χ2v) is 7.56. The first-order valence-corrected chi connectivity index (χ1v) is 10.2. The summed E-state index contributed by atoms with van der Waals surface area (Å²) >= 11 is 0. The highest BCUT2D eigenvalue weighted by Gasteiger charge is 2.25. The van der Waals surface area contributed by atoms with E-state index in [2.05, 4.69) is 63.3 Å². The fourth-order valence-corrected chi connectivity index (χ4v) is 3.80. The summed E-state index contributed by atoms with van der Waals surface area (Å²) in [6.45, 7) is 7.21. The van der Waals surface area contributed by atoms with Crippen LogP contribution in [-0.2, 0) is 11.3 Å². The second-order valence-electron chi connectivity index (χ2n) is 7.56. The van der Waals surface area contributed by atoms with Gasteiger partial charge in [-0.05, 0) is 36.6 Å². The minimum absolute atomic E-state index is 0. The number of benzene rings is 1. The van der Waals surface area contributed by atoms with Crippen molar-refractivity contribution < 1.29 is 4.74 Å². The molecule has 3 heterocycles. The lowest BCUT2D eigenvalue weighted by Crippen LogP contribution is -2.48. The highest BCUT2D eigenvalue weighted by atomic mass is 127. The Morgan fingerprint density at radius 3 is 2.81 bits per heavy atom. The molecular formula is C23H29IN6O. The minimum atomic E-state index is 0. The molecule has 4 rings (SSSR count). The third-order valence-electron chi connectivity index (χ3n) is 5.38. The summed E-state index contributed by atoms with van der Waals surface area (Å²) in [6.07, 6.45) is 7.30. The number of pyridine rings is 1. The summed E-state index contributed by atoms with van der Waals surface area (Å²) in [5, 5.41) is 3.47. The summed E-state index contributed by atoms with van der Waals surface area (Å²) in [5.41, 5.74) is 4.89. The van der Waals surface area contributed by atoms with Gasteiger partial charge in [-0.25, -0.2) is 9.97 Å². The standard InChI is InChI=1S/C23H28N6O.HI/c1-17-4-6-20(18(2)12-17)21-15-28(10-11-30-21)23(24-3)27-14-19-5-7-22(26-13-19)29-9-8-25-16-29;/h4-9,12-13,16,21H,10-11,14-15H2,1-3H3,(H,24,27);1H. The van der Waals surface area contributed by atoms with Crippen molar-refractivity contribution in [3.63, 3.8) is 0 Å². The van der Waals surface area contributed by atoms with Gasteiger partial charge in [0, 0.05) is 38.7 Å². The predicted octanol–water partition coefficient (Wildman–Crippen LogP) is 3.65. The first kappa shape index (κ1) is 23.2. The molecule has 0 bridgehead atoms. The van der Waals surface area contributed by atoms with Gasteiger partial charge in [0.1, 0.15) is 18.2 Å². The van der Waals surface area contributed by atoms with Gasteiger partial charge in [-0.3, -0.25) is 9.56 Å². The number of morpholine rings is 1. The molecule has 1 aromatic carbocycles. The van der Waals surface area contributed by atoms with Crippen LogP contribution in [0.4, 0.5) is 0 Å². The number of aryl methyl sites for hydroxylation is 2. The van der Waals surface area contributed by atoms with Gasteiger partial charge in [-0.15, -0.1) is 24.0 Å². The summed E-state index contributed by atoms with van der Waals surface area (Å²) in [4.78, 5) is 15.3. The van der Waals surface area contributed by atoms with Crippen molar-refractivity contribution in [3.05, 3.63) is 77.5 Å². The van der Waals surface area contributed by atoms with Crippen LogP contribution in [0.3, 0.4) is 0 Å². The number of hydrogen-bond acceptors (Lipinski definition) is 4. The molecule has 0 radical (unpaired) electrons. The molecule has 2 aromatic heterocycles. The first-order valence-electron chi connectivity index (χ1n) is 10.2. The van der Waals surface area contributed by atoms with Crippen molar-refractivity contribution in [2.45, 2.75) is 26.5 Å². The van der Waals surface area contributed by atoms with Crippen LogP contribution < -0.4 is 5.32 Å². The maximum absolute atomic E-state index is 6.08. The summed E-state index contributed by atoms with van der Waals surface area (Å²) in [5.74, 6) is 1.73. The largest absolute Gasteiger partial charge is 0.370 e. The number of imidazole rings is 1. The van der Waals surface area contributed by atoms with E-state index in [0.29, 0.717) is 13.2 Å². The lowest BCUT2D eigenvalue weighted by atomic mass is 10.00. The number of guanidine groups is 1. The molecule has 164 valence electrons. The molecule has 1 unspecified atom stereocenters. The van der Waals surface area contributed by atoms with E-state index < -0.39 is 0 Å². The quantitative estimate of drug-likeness (QED) is 0.316. The topological polar surface area (TPSA) is 67.6 Å². The lowest BCUT2D eigenvalue weighted by molar-refractivity contribution is -0.00834. The molecule has 0 amide bonds. The van der Waals surface area contributed by atoms with E-state index in [1.165, 1.54) is 16.7 Å². The Balaban J connectivity index is 0.00000272. The van der Waals surface area contributed by atoms with Gasteiger partial charge in [0.25, 0.3) is 0 Å². The van der Waals surface area contributed by atoms with Crippen LogP contribution in [0.5, 0.6) is 0 Å². The van der Waals surface area contributed by atoms with Crippen LogP contribution in [0.2, 0.25) is 0 Å². The lowest BCUT2D eigenvalue weighted by Gasteiger charge is -2.35. The maximum Gasteiger partial charge on any atom is 0.194 e.